The van der Waals surface area contributed by atoms with E-state index in [-0.39, 0.29) is 5.91 Å². The average molecular weight is 407 g/mol. The van der Waals surface area contributed by atoms with Gasteiger partial charge < -0.3 is 5.32 Å². The number of hydrogen-bond donors (Lipinski definition) is 1. The Kier molecular flexibility index (Phi) is 5.25. The van der Waals surface area contributed by atoms with E-state index in [0.29, 0.717) is 17.1 Å². The van der Waals surface area contributed by atoms with E-state index in [9.17, 15) is 4.79 Å². The predicted molar refractivity (Wildman–Crippen MR) is 116 cm³/mol. The van der Waals surface area contributed by atoms with Crippen molar-refractivity contribution in [2.45, 2.75) is 30.2 Å². The molecule has 3 nitrogen and oxygen atoms in total. The van der Waals surface area contributed by atoms with Gasteiger partial charge in [0.2, 0.25) is 0 Å². The van der Waals surface area contributed by atoms with Gasteiger partial charge in [-0.2, -0.15) is 0 Å². The van der Waals surface area contributed by atoms with Crippen molar-refractivity contribution in [2.75, 3.05) is 0 Å². The fourth-order valence-electron chi connectivity index (χ4n) is 3.13. The van der Waals surface area contributed by atoms with E-state index in [2.05, 4.69) is 30.4 Å². The largest absolute Gasteiger partial charge is 0.348 e. The SMILES string of the molecule is CC1=Nc2cc(C(=O)NCc3ccccc3Cl)ccc2Sc2ccc(C)cc21. The number of halogens is 1. The summed E-state index contributed by atoms with van der Waals surface area (Å²) in [5, 5.41) is 3.58. The number of rotatable bonds is 3. The molecule has 5 heteroatoms. The third-order valence-corrected chi connectivity index (χ3v) is 6.16. The monoisotopic (exact) mass is 406 g/mol. The first-order valence-electron chi connectivity index (χ1n) is 9.01. The van der Waals surface area contributed by atoms with Gasteiger partial charge in [-0.15, -0.1) is 0 Å². The number of nitrogens with one attached hydrogen (secondary N) is 1. The number of amides is 1. The number of nitrogens with zero attached hydrogens (tertiary/aromatic N) is 1. The number of carbonyl (C=O) groups excluding carboxylic acids is 1. The van der Waals surface area contributed by atoms with E-state index in [0.717, 1.165) is 27.4 Å². The first kappa shape index (κ1) is 18.8. The molecule has 1 amide bonds. The molecule has 0 saturated carbocycles. The van der Waals surface area contributed by atoms with Gasteiger partial charge in [-0.3, -0.25) is 9.79 Å². The van der Waals surface area contributed by atoms with Gasteiger partial charge >= 0.3 is 0 Å². The van der Waals surface area contributed by atoms with E-state index in [1.807, 2.05) is 49.4 Å². The summed E-state index contributed by atoms with van der Waals surface area (Å²) in [4.78, 5) is 19.7. The predicted octanol–water partition coefficient (Wildman–Crippen LogP) is 6.18. The number of aliphatic imine (C=N–C) groups is 1. The minimum atomic E-state index is -0.141. The molecule has 0 atom stereocenters. The number of hydrogen-bond acceptors (Lipinski definition) is 3. The van der Waals surface area contributed by atoms with Crippen LogP contribution in [-0.4, -0.2) is 11.6 Å². The lowest BCUT2D eigenvalue weighted by molar-refractivity contribution is 0.0951. The van der Waals surface area contributed by atoms with Crippen LogP contribution in [0.3, 0.4) is 0 Å². The molecule has 1 N–H and O–H groups in total. The van der Waals surface area contributed by atoms with Crippen LogP contribution < -0.4 is 5.32 Å². The Morgan fingerprint density at radius 1 is 1.04 bits per heavy atom. The molecule has 140 valence electrons. The van der Waals surface area contributed by atoms with Gasteiger partial charge in [0, 0.05) is 38.2 Å². The van der Waals surface area contributed by atoms with Crippen LogP contribution in [-0.2, 0) is 6.54 Å². The molecule has 0 aromatic heterocycles. The van der Waals surface area contributed by atoms with Crippen LogP contribution in [0.1, 0.15) is 34.0 Å². The zero-order valence-corrected chi connectivity index (χ0v) is 17.2. The Morgan fingerprint density at radius 2 is 1.82 bits per heavy atom. The van der Waals surface area contributed by atoms with Gasteiger partial charge in [0.1, 0.15) is 0 Å². The van der Waals surface area contributed by atoms with Crippen LogP contribution in [0.5, 0.6) is 0 Å². The summed E-state index contributed by atoms with van der Waals surface area (Å²) in [6.07, 6.45) is 0. The summed E-state index contributed by atoms with van der Waals surface area (Å²) in [6, 6.07) is 19.6. The van der Waals surface area contributed by atoms with Gasteiger partial charge in [0.05, 0.1) is 5.69 Å². The normalized spacial score (nSPS) is 12.5. The van der Waals surface area contributed by atoms with E-state index in [4.69, 9.17) is 16.6 Å². The molecular formula is C23H19ClN2OS. The topological polar surface area (TPSA) is 41.5 Å². The number of aryl methyl sites for hydroxylation is 1. The summed E-state index contributed by atoms with van der Waals surface area (Å²) in [5.74, 6) is -0.141. The minimum absolute atomic E-state index is 0.141. The van der Waals surface area contributed by atoms with Crippen LogP contribution >= 0.6 is 23.4 Å². The molecule has 0 unspecified atom stereocenters. The molecule has 1 aliphatic rings. The number of fused-ring (bicyclic) bond motifs is 2. The molecule has 3 aromatic rings. The Morgan fingerprint density at radius 3 is 2.64 bits per heavy atom. The summed E-state index contributed by atoms with van der Waals surface area (Å²) in [6.45, 7) is 4.48. The van der Waals surface area contributed by atoms with Crippen molar-refractivity contribution in [3.63, 3.8) is 0 Å². The Bertz CT molecular complexity index is 1110. The van der Waals surface area contributed by atoms with Gasteiger partial charge in [0.15, 0.2) is 0 Å². The molecule has 0 spiro atoms. The van der Waals surface area contributed by atoms with Gasteiger partial charge in [-0.25, -0.2) is 0 Å². The van der Waals surface area contributed by atoms with E-state index >= 15 is 0 Å². The number of carbonyl (C=O) groups is 1. The molecule has 28 heavy (non-hydrogen) atoms. The van der Waals surface area contributed by atoms with Crippen molar-refractivity contribution in [1.29, 1.82) is 0 Å². The third kappa shape index (κ3) is 3.84. The quantitative estimate of drug-likeness (QED) is 0.563. The maximum Gasteiger partial charge on any atom is 0.251 e. The molecule has 1 aliphatic heterocycles. The van der Waals surface area contributed by atoms with E-state index < -0.39 is 0 Å². The van der Waals surface area contributed by atoms with Crippen molar-refractivity contribution >= 4 is 40.7 Å². The smallest absolute Gasteiger partial charge is 0.251 e. The first-order chi connectivity index (χ1) is 13.5. The minimum Gasteiger partial charge on any atom is -0.348 e. The molecule has 0 saturated heterocycles. The molecule has 0 fully saturated rings. The molecule has 0 bridgehead atoms. The standard InChI is InChI=1S/C23H19ClN2OS/c1-14-7-9-21-18(11-14)15(2)26-20-12-16(8-10-22(20)28-21)23(27)25-13-17-5-3-4-6-19(17)24/h3-12H,13H2,1-2H3,(H,25,27). The van der Waals surface area contributed by atoms with Crippen LogP contribution in [0.4, 0.5) is 5.69 Å². The highest BCUT2D eigenvalue weighted by Crippen LogP contribution is 2.40. The van der Waals surface area contributed by atoms with Crippen molar-refractivity contribution in [1.82, 2.24) is 5.32 Å². The highest BCUT2D eigenvalue weighted by Gasteiger charge is 2.17. The second-order valence-corrected chi connectivity index (χ2v) is 8.25. The van der Waals surface area contributed by atoms with Gasteiger partial charge in [0.25, 0.3) is 5.91 Å². The van der Waals surface area contributed by atoms with Crippen LogP contribution in [0, 0.1) is 6.92 Å². The van der Waals surface area contributed by atoms with Crippen molar-refractivity contribution in [3.05, 3.63) is 87.9 Å². The van der Waals surface area contributed by atoms with Crippen molar-refractivity contribution in [3.8, 4) is 0 Å². The van der Waals surface area contributed by atoms with Crippen molar-refractivity contribution in [2.24, 2.45) is 4.99 Å². The van der Waals surface area contributed by atoms with E-state index in [1.165, 1.54) is 10.5 Å². The molecule has 3 aromatic carbocycles. The maximum atomic E-state index is 12.6. The molecule has 1 heterocycles. The van der Waals surface area contributed by atoms with Crippen LogP contribution in [0.2, 0.25) is 5.02 Å². The Balaban J connectivity index is 1.59. The van der Waals surface area contributed by atoms with Gasteiger partial charge in [-0.05, 0) is 55.8 Å². The summed E-state index contributed by atoms with van der Waals surface area (Å²) < 4.78 is 0. The second-order valence-electron chi connectivity index (χ2n) is 6.76. The second kappa shape index (κ2) is 7.82. The Hall–Kier alpha value is -2.56. The first-order valence-corrected chi connectivity index (χ1v) is 10.2. The maximum absolute atomic E-state index is 12.6. The highest BCUT2D eigenvalue weighted by atomic mass is 35.5. The fourth-order valence-corrected chi connectivity index (χ4v) is 4.36. The fraction of sp³-hybridized carbons (Fsp3) is 0.130. The molecular weight excluding hydrogens is 388 g/mol. The number of benzene rings is 3. The zero-order valence-electron chi connectivity index (χ0n) is 15.6. The summed E-state index contributed by atoms with van der Waals surface area (Å²) >= 11 is 7.85. The lowest BCUT2D eigenvalue weighted by Crippen LogP contribution is -2.22. The molecule has 0 aliphatic carbocycles. The van der Waals surface area contributed by atoms with Crippen LogP contribution in [0.25, 0.3) is 0 Å². The lowest BCUT2D eigenvalue weighted by Gasteiger charge is -2.09. The summed E-state index contributed by atoms with van der Waals surface area (Å²) in [5.41, 5.74) is 5.61. The Labute approximate surface area is 173 Å². The van der Waals surface area contributed by atoms with E-state index in [1.54, 1.807) is 11.8 Å². The zero-order chi connectivity index (χ0) is 19.7. The van der Waals surface area contributed by atoms with Crippen LogP contribution in [0.15, 0.2) is 75.4 Å². The average Bonchev–Trinajstić information content (AvgIpc) is 2.82. The van der Waals surface area contributed by atoms with Crippen molar-refractivity contribution < 1.29 is 4.79 Å². The lowest BCUT2D eigenvalue weighted by atomic mass is 10.1. The highest BCUT2D eigenvalue weighted by molar-refractivity contribution is 7.99. The molecule has 0 radical (unpaired) electrons. The third-order valence-electron chi connectivity index (χ3n) is 4.65. The summed E-state index contributed by atoms with van der Waals surface area (Å²) in [7, 11) is 0. The van der Waals surface area contributed by atoms with Gasteiger partial charge in [-0.1, -0.05) is 53.2 Å². The molecule has 4 rings (SSSR count).